The molecule has 0 fully saturated rings. The lowest BCUT2D eigenvalue weighted by atomic mass is 9.99. The lowest BCUT2D eigenvalue weighted by Crippen LogP contribution is -2.33. The van der Waals surface area contributed by atoms with Crippen LogP contribution in [0.15, 0.2) is 78.9 Å². The molecule has 0 aromatic heterocycles. The van der Waals surface area contributed by atoms with Gasteiger partial charge in [-0.15, -0.1) is 0 Å². The minimum atomic E-state index is -0.0616. The highest BCUT2D eigenvalue weighted by Crippen LogP contribution is 2.26. The van der Waals surface area contributed by atoms with Gasteiger partial charge in [0.15, 0.2) is 5.11 Å². The summed E-state index contributed by atoms with van der Waals surface area (Å²) in [5, 5.41) is 8.10. The van der Waals surface area contributed by atoms with Crippen molar-refractivity contribution in [2.75, 3.05) is 5.32 Å². The van der Waals surface area contributed by atoms with Gasteiger partial charge in [0.25, 0.3) is 0 Å². The summed E-state index contributed by atoms with van der Waals surface area (Å²) in [6.45, 7) is 0. The van der Waals surface area contributed by atoms with Crippen LogP contribution >= 0.6 is 35.4 Å². The van der Waals surface area contributed by atoms with Crippen LogP contribution in [0.1, 0.15) is 17.2 Å². The Hall–Kier alpha value is -2.07. The van der Waals surface area contributed by atoms with E-state index in [1.165, 1.54) is 0 Å². The zero-order chi connectivity index (χ0) is 17.6. The first kappa shape index (κ1) is 17.7. The van der Waals surface area contributed by atoms with E-state index < -0.39 is 0 Å². The van der Waals surface area contributed by atoms with Gasteiger partial charge in [-0.25, -0.2) is 0 Å². The predicted molar refractivity (Wildman–Crippen MR) is 111 cm³/mol. The summed E-state index contributed by atoms with van der Waals surface area (Å²) in [6.07, 6.45) is 0. The molecule has 2 nitrogen and oxygen atoms in total. The fraction of sp³-hybridized carbons (Fsp3) is 0.0500. The van der Waals surface area contributed by atoms with E-state index in [1.807, 2.05) is 36.4 Å². The van der Waals surface area contributed by atoms with E-state index in [1.54, 1.807) is 18.2 Å². The van der Waals surface area contributed by atoms with Crippen LogP contribution in [-0.2, 0) is 0 Å². The third kappa shape index (κ3) is 4.73. The molecule has 0 aliphatic rings. The number of rotatable bonds is 4. The molecule has 3 aromatic rings. The van der Waals surface area contributed by atoms with E-state index >= 15 is 0 Å². The third-order valence-electron chi connectivity index (χ3n) is 3.72. The summed E-state index contributed by atoms with van der Waals surface area (Å²) in [5.74, 6) is 0. The summed E-state index contributed by atoms with van der Waals surface area (Å²) in [5.41, 5.74) is 2.96. The van der Waals surface area contributed by atoms with Crippen LogP contribution in [0.4, 0.5) is 5.69 Å². The van der Waals surface area contributed by atoms with Crippen molar-refractivity contribution >= 4 is 46.2 Å². The van der Waals surface area contributed by atoms with Crippen LogP contribution in [0.5, 0.6) is 0 Å². The molecule has 5 heteroatoms. The fourth-order valence-corrected chi connectivity index (χ4v) is 3.21. The topological polar surface area (TPSA) is 24.1 Å². The van der Waals surface area contributed by atoms with Crippen LogP contribution in [-0.4, -0.2) is 5.11 Å². The van der Waals surface area contributed by atoms with Gasteiger partial charge in [0, 0.05) is 5.02 Å². The molecule has 0 radical (unpaired) electrons. The zero-order valence-corrected chi connectivity index (χ0v) is 15.6. The lowest BCUT2D eigenvalue weighted by Gasteiger charge is -2.22. The van der Waals surface area contributed by atoms with Crippen LogP contribution in [0.25, 0.3) is 0 Å². The van der Waals surface area contributed by atoms with E-state index in [4.69, 9.17) is 35.4 Å². The number of nitrogens with one attached hydrogen (secondary N) is 2. The summed E-state index contributed by atoms with van der Waals surface area (Å²) in [6, 6.07) is 25.5. The number of anilines is 1. The summed E-state index contributed by atoms with van der Waals surface area (Å²) in [4.78, 5) is 0. The lowest BCUT2D eigenvalue weighted by molar-refractivity contribution is 0.769. The van der Waals surface area contributed by atoms with Gasteiger partial charge in [0.2, 0.25) is 0 Å². The van der Waals surface area contributed by atoms with Crippen LogP contribution in [0, 0.1) is 0 Å². The van der Waals surface area contributed by atoms with Gasteiger partial charge in [-0.3, -0.25) is 0 Å². The van der Waals surface area contributed by atoms with Gasteiger partial charge >= 0.3 is 0 Å². The molecule has 0 saturated carbocycles. The minimum Gasteiger partial charge on any atom is -0.352 e. The molecule has 0 aliphatic carbocycles. The van der Waals surface area contributed by atoms with Gasteiger partial charge < -0.3 is 10.6 Å². The van der Waals surface area contributed by atoms with Crippen LogP contribution in [0.2, 0.25) is 10.0 Å². The zero-order valence-electron chi connectivity index (χ0n) is 13.2. The second-order valence-electron chi connectivity index (χ2n) is 5.48. The maximum absolute atomic E-state index is 6.21. The van der Waals surface area contributed by atoms with E-state index in [-0.39, 0.29) is 6.04 Å². The summed E-state index contributed by atoms with van der Waals surface area (Å²) >= 11 is 17.6. The molecule has 0 unspecified atom stereocenters. The number of thiocarbonyl (C=S) groups is 1. The van der Waals surface area contributed by atoms with Crippen molar-refractivity contribution in [3.05, 3.63) is 100 Å². The quantitative estimate of drug-likeness (QED) is 0.532. The van der Waals surface area contributed by atoms with Crippen molar-refractivity contribution < 1.29 is 0 Å². The smallest absolute Gasteiger partial charge is 0.171 e. The Labute approximate surface area is 162 Å². The third-order valence-corrected chi connectivity index (χ3v) is 4.49. The Morgan fingerprint density at radius 1 is 0.800 bits per heavy atom. The van der Waals surface area contributed by atoms with E-state index in [0.29, 0.717) is 20.8 Å². The van der Waals surface area contributed by atoms with Crippen LogP contribution < -0.4 is 10.6 Å². The Morgan fingerprint density at radius 2 is 1.36 bits per heavy atom. The monoisotopic (exact) mass is 386 g/mol. The average Bonchev–Trinajstić information content (AvgIpc) is 2.63. The number of halogens is 2. The summed E-state index contributed by atoms with van der Waals surface area (Å²) < 4.78 is 0. The largest absolute Gasteiger partial charge is 0.352 e. The number of benzene rings is 3. The second kappa shape index (κ2) is 8.34. The van der Waals surface area contributed by atoms with Crippen molar-refractivity contribution in [3.63, 3.8) is 0 Å². The summed E-state index contributed by atoms with van der Waals surface area (Å²) in [7, 11) is 0. The Morgan fingerprint density at radius 3 is 1.88 bits per heavy atom. The molecular weight excluding hydrogens is 371 g/mol. The normalized spacial score (nSPS) is 10.5. The first-order valence-electron chi connectivity index (χ1n) is 7.76. The van der Waals surface area contributed by atoms with Crippen molar-refractivity contribution in [1.29, 1.82) is 0 Å². The maximum Gasteiger partial charge on any atom is 0.171 e. The standard InChI is InChI=1S/C20H16Cl2N2S/c21-16-11-12-18(17(22)13-16)23-20(25)24-19(14-7-3-1-4-8-14)15-9-5-2-6-10-15/h1-13,19H,(H2,23,24,25). The van der Waals surface area contributed by atoms with Gasteiger partial charge in [0.05, 0.1) is 16.8 Å². The van der Waals surface area contributed by atoms with Crippen molar-refractivity contribution in [3.8, 4) is 0 Å². The highest BCUT2D eigenvalue weighted by Gasteiger charge is 2.15. The molecule has 3 aromatic carbocycles. The fourth-order valence-electron chi connectivity index (χ4n) is 2.53. The van der Waals surface area contributed by atoms with Crippen molar-refractivity contribution in [1.82, 2.24) is 5.32 Å². The first-order valence-corrected chi connectivity index (χ1v) is 8.92. The molecule has 0 heterocycles. The van der Waals surface area contributed by atoms with Gasteiger partial charge in [-0.1, -0.05) is 83.9 Å². The van der Waals surface area contributed by atoms with E-state index in [2.05, 4.69) is 34.9 Å². The van der Waals surface area contributed by atoms with Crippen molar-refractivity contribution in [2.45, 2.75) is 6.04 Å². The Balaban J connectivity index is 1.82. The molecule has 0 spiro atoms. The van der Waals surface area contributed by atoms with E-state index in [9.17, 15) is 0 Å². The first-order chi connectivity index (χ1) is 12.1. The molecule has 0 amide bonds. The van der Waals surface area contributed by atoms with E-state index in [0.717, 1.165) is 11.1 Å². The highest BCUT2D eigenvalue weighted by molar-refractivity contribution is 7.80. The SMILES string of the molecule is S=C(Nc1ccc(Cl)cc1Cl)NC(c1ccccc1)c1ccccc1. The molecular formula is C20H16Cl2N2S. The Kier molecular flexibility index (Phi) is 5.92. The highest BCUT2D eigenvalue weighted by atomic mass is 35.5. The van der Waals surface area contributed by atoms with Gasteiger partial charge in [0.1, 0.15) is 0 Å². The molecule has 3 rings (SSSR count). The molecule has 25 heavy (non-hydrogen) atoms. The molecule has 0 aliphatic heterocycles. The molecule has 2 N–H and O–H groups in total. The van der Waals surface area contributed by atoms with Crippen LogP contribution in [0.3, 0.4) is 0 Å². The maximum atomic E-state index is 6.21. The average molecular weight is 387 g/mol. The van der Waals surface area contributed by atoms with Gasteiger partial charge in [-0.05, 0) is 41.5 Å². The molecule has 0 atom stereocenters. The number of hydrogen-bond donors (Lipinski definition) is 2. The minimum absolute atomic E-state index is 0.0616. The number of hydrogen-bond acceptors (Lipinski definition) is 1. The Bertz CT molecular complexity index is 815. The predicted octanol–water partition coefficient (Wildman–Crippen LogP) is 6.07. The molecule has 126 valence electrons. The molecule has 0 saturated heterocycles. The second-order valence-corrected chi connectivity index (χ2v) is 6.73. The van der Waals surface area contributed by atoms with Crippen molar-refractivity contribution in [2.24, 2.45) is 0 Å². The molecule has 0 bridgehead atoms. The van der Waals surface area contributed by atoms with Gasteiger partial charge in [-0.2, -0.15) is 0 Å².